The summed E-state index contributed by atoms with van der Waals surface area (Å²) < 4.78 is 39.1. The summed E-state index contributed by atoms with van der Waals surface area (Å²) in [5, 5.41) is 3.02. The van der Waals surface area contributed by atoms with Gasteiger partial charge in [-0.05, 0) is 25.5 Å². The molecule has 160 valence electrons. The first kappa shape index (κ1) is 19.9. The number of aryl methyl sites for hydroxylation is 1. The average Bonchev–Trinajstić information content (AvgIpc) is 3.20. The Morgan fingerprint density at radius 2 is 2.13 bits per heavy atom. The van der Waals surface area contributed by atoms with E-state index in [1.54, 1.807) is 23.8 Å². The summed E-state index contributed by atoms with van der Waals surface area (Å²) in [4.78, 5) is 28.8. The maximum Gasteiger partial charge on any atom is 0.416 e. The first-order chi connectivity index (χ1) is 14.3. The zero-order valence-electron chi connectivity index (χ0n) is 16.4. The highest BCUT2D eigenvalue weighted by Crippen LogP contribution is 2.39. The summed E-state index contributed by atoms with van der Waals surface area (Å²) in [6, 6.07) is 1.60. The number of hydrogen-bond donors (Lipinski definition) is 2. The highest BCUT2D eigenvalue weighted by Gasteiger charge is 2.42. The molecule has 3 N–H and O–H groups in total. The van der Waals surface area contributed by atoms with Crippen molar-refractivity contribution in [2.24, 2.45) is 5.73 Å². The van der Waals surface area contributed by atoms with Gasteiger partial charge in [-0.15, -0.1) is 0 Å². The van der Waals surface area contributed by atoms with Gasteiger partial charge in [-0.3, -0.25) is 4.79 Å². The van der Waals surface area contributed by atoms with Crippen molar-refractivity contribution in [2.75, 3.05) is 23.4 Å². The van der Waals surface area contributed by atoms with Gasteiger partial charge in [-0.1, -0.05) is 0 Å². The number of nitrogens with one attached hydrogen (secondary N) is 1. The van der Waals surface area contributed by atoms with Gasteiger partial charge in [-0.2, -0.15) is 0 Å². The van der Waals surface area contributed by atoms with Crippen molar-refractivity contribution in [3.8, 4) is 17.1 Å². The third kappa shape index (κ3) is 3.40. The molecule has 1 saturated heterocycles. The number of alkyl halides is 2. The number of carbonyl (C=O) groups is 2. The molecule has 30 heavy (non-hydrogen) atoms. The molecule has 2 aliphatic heterocycles. The third-order valence-corrected chi connectivity index (χ3v) is 5.13. The van der Waals surface area contributed by atoms with Gasteiger partial charge in [0.2, 0.25) is 5.91 Å². The molecule has 1 aromatic carbocycles. The number of rotatable bonds is 5. The number of cyclic esters (lactones) is 1. The Labute approximate surface area is 170 Å². The molecule has 2 amide bonds. The van der Waals surface area contributed by atoms with Gasteiger partial charge in [0.1, 0.15) is 36.9 Å². The standard InChI is InChI=1S/C19H21F2N5O4/c1-9-5-11(23-10(2)17(22)27)6-13-15(9)18-24-14(7-25(18)3-4-29-13)26-12(16(20)21)8-30-19(26)28/h5-7,10,12,16,23H,3-4,8H2,1-2H3,(H2,22,27)/t10-,12?/m0/s1. The topological polar surface area (TPSA) is 112 Å². The second-order valence-electron chi connectivity index (χ2n) is 7.25. The van der Waals surface area contributed by atoms with E-state index in [0.717, 1.165) is 10.5 Å². The van der Waals surface area contributed by atoms with Crippen LogP contribution in [0.4, 0.5) is 25.1 Å². The van der Waals surface area contributed by atoms with Crippen LogP contribution in [0.25, 0.3) is 11.4 Å². The fraction of sp³-hybridized carbons (Fsp3) is 0.421. The second-order valence-corrected chi connectivity index (χ2v) is 7.25. The van der Waals surface area contributed by atoms with E-state index in [2.05, 4.69) is 10.3 Å². The Morgan fingerprint density at radius 1 is 1.37 bits per heavy atom. The number of fused-ring (bicyclic) bond motifs is 3. The number of imidazole rings is 1. The molecular weight excluding hydrogens is 400 g/mol. The van der Waals surface area contributed by atoms with Crippen molar-refractivity contribution in [3.63, 3.8) is 0 Å². The number of primary amides is 1. The van der Waals surface area contributed by atoms with Crippen molar-refractivity contribution in [1.82, 2.24) is 9.55 Å². The highest BCUT2D eigenvalue weighted by molar-refractivity contribution is 5.90. The van der Waals surface area contributed by atoms with Crippen LogP contribution in [0.2, 0.25) is 0 Å². The van der Waals surface area contributed by atoms with Gasteiger partial charge in [-0.25, -0.2) is 23.5 Å². The monoisotopic (exact) mass is 421 g/mol. The van der Waals surface area contributed by atoms with E-state index in [9.17, 15) is 18.4 Å². The van der Waals surface area contributed by atoms with Crippen LogP contribution in [-0.2, 0) is 16.1 Å². The number of halogens is 2. The number of nitrogens with zero attached hydrogens (tertiary/aromatic N) is 3. The van der Waals surface area contributed by atoms with Crippen LogP contribution < -0.4 is 20.7 Å². The SMILES string of the molecule is Cc1cc(N[C@@H](C)C(N)=O)cc2c1-c1nc(N3C(=O)OCC3C(F)F)cn1CCO2. The van der Waals surface area contributed by atoms with Crippen molar-refractivity contribution in [2.45, 2.75) is 38.9 Å². The fourth-order valence-electron chi connectivity index (χ4n) is 3.59. The summed E-state index contributed by atoms with van der Waals surface area (Å²) in [5.41, 5.74) is 7.43. The van der Waals surface area contributed by atoms with Crippen LogP contribution in [0.15, 0.2) is 18.3 Å². The van der Waals surface area contributed by atoms with Gasteiger partial charge in [0.05, 0.1) is 12.1 Å². The molecule has 1 fully saturated rings. The molecule has 4 rings (SSSR count). The summed E-state index contributed by atoms with van der Waals surface area (Å²) in [6.07, 6.45) is -2.05. The minimum Gasteiger partial charge on any atom is -0.491 e. The first-order valence-electron chi connectivity index (χ1n) is 9.41. The number of anilines is 2. The van der Waals surface area contributed by atoms with E-state index in [1.807, 2.05) is 13.0 Å². The number of hydrogen-bond acceptors (Lipinski definition) is 6. The Bertz CT molecular complexity index is 1010. The fourth-order valence-corrected chi connectivity index (χ4v) is 3.59. The molecule has 0 bridgehead atoms. The molecule has 9 nitrogen and oxygen atoms in total. The van der Waals surface area contributed by atoms with Gasteiger partial charge >= 0.3 is 6.09 Å². The molecule has 0 aliphatic carbocycles. The number of ether oxygens (including phenoxy) is 2. The second kappa shape index (κ2) is 7.47. The molecule has 2 atom stereocenters. The molecule has 1 unspecified atom stereocenters. The lowest BCUT2D eigenvalue weighted by Crippen LogP contribution is -2.38. The lowest BCUT2D eigenvalue weighted by molar-refractivity contribution is -0.118. The van der Waals surface area contributed by atoms with Gasteiger partial charge < -0.3 is 25.1 Å². The Kier molecular flexibility index (Phi) is 4.96. The summed E-state index contributed by atoms with van der Waals surface area (Å²) >= 11 is 0. The van der Waals surface area contributed by atoms with Gasteiger partial charge in [0, 0.05) is 18.0 Å². The predicted octanol–water partition coefficient (Wildman–Crippen LogP) is 2.13. The third-order valence-electron chi connectivity index (χ3n) is 5.13. The molecule has 1 aromatic heterocycles. The van der Waals surface area contributed by atoms with Crippen LogP contribution in [0.1, 0.15) is 12.5 Å². The average molecular weight is 421 g/mol. The summed E-state index contributed by atoms with van der Waals surface area (Å²) in [7, 11) is 0. The minimum atomic E-state index is -2.75. The van der Waals surface area contributed by atoms with Crippen LogP contribution in [0.5, 0.6) is 5.75 Å². The number of nitrogens with two attached hydrogens (primary N) is 1. The smallest absolute Gasteiger partial charge is 0.416 e. The molecule has 0 spiro atoms. The van der Waals surface area contributed by atoms with Gasteiger partial charge in [0.15, 0.2) is 5.82 Å². The van der Waals surface area contributed by atoms with Crippen LogP contribution in [0.3, 0.4) is 0 Å². The van der Waals surface area contributed by atoms with Crippen molar-refractivity contribution in [3.05, 3.63) is 23.9 Å². The number of aromatic nitrogens is 2. The van der Waals surface area contributed by atoms with E-state index in [1.165, 1.54) is 0 Å². The number of benzene rings is 1. The zero-order valence-corrected chi connectivity index (χ0v) is 16.4. The van der Waals surface area contributed by atoms with Gasteiger partial charge in [0.25, 0.3) is 6.43 Å². The zero-order chi connectivity index (χ0) is 21.6. The lowest BCUT2D eigenvalue weighted by atomic mass is 10.1. The van der Waals surface area contributed by atoms with Crippen LogP contribution in [0, 0.1) is 6.92 Å². The van der Waals surface area contributed by atoms with Crippen molar-refractivity contribution in [1.29, 1.82) is 0 Å². The molecule has 2 aliphatic rings. The predicted molar refractivity (Wildman–Crippen MR) is 104 cm³/mol. The van der Waals surface area contributed by atoms with E-state index in [4.69, 9.17) is 15.2 Å². The van der Waals surface area contributed by atoms with Crippen LogP contribution in [-0.4, -0.2) is 53.3 Å². The summed E-state index contributed by atoms with van der Waals surface area (Å²) in [5.74, 6) is 0.640. The van der Waals surface area contributed by atoms with Crippen LogP contribution >= 0.6 is 0 Å². The lowest BCUT2D eigenvalue weighted by Gasteiger charge is -2.18. The number of amides is 2. The van der Waals surface area contributed by atoms with E-state index in [0.29, 0.717) is 36.0 Å². The molecule has 0 saturated carbocycles. The normalized spacial score (nSPS) is 18.9. The van der Waals surface area contributed by atoms with E-state index < -0.39 is 30.5 Å². The minimum absolute atomic E-state index is 0.106. The molecular formula is C19H21F2N5O4. The Balaban J connectivity index is 1.74. The Hall–Kier alpha value is -3.37. The molecule has 3 heterocycles. The molecule has 0 radical (unpaired) electrons. The van der Waals surface area contributed by atoms with E-state index in [-0.39, 0.29) is 12.4 Å². The maximum atomic E-state index is 13.3. The Morgan fingerprint density at radius 3 is 2.83 bits per heavy atom. The van der Waals surface area contributed by atoms with Crippen molar-refractivity contribution < 1.29 is 27.8 Å². The molecule has 11 heteroatoms. The summed E-state index contributed by atoms with van der Waals surface area (Å²) in [6.45, 7) is 3.84. The first-order valence-corrected chi connectivity index (χ1v) is 9.41. The van der Waals surface area contributed by atoms with Crippen molar-refractivity contribution >= 4 is 23.5 Å². The largest absolute Gasteiger partial charge is 0.491 e. The number of carbonyl (C=O) groups excluding carboxylic acids is 2. The highest BCUT2D eigenvalue weighted by atomic mass is 19.3. The molecule has 2 aromatic rings. The van der Waals surface area contributed by atoms with E-state index >= 15 is 0 Å². The maximum absolute atomic E-state index is 13.3. The quantitative estimate of drug-likeness (QED) is 0.765.